The van der Waals surface area contributed by atoms with Gasteiger partial charge in [-0.3, -0.25) is 9.89 Å². The molecule has 118 valence electrons. The highest BCUT2D eigenvalue weighted by molar-refractivity contribution is 5.97. The van der Waals surface area contributed by atoms with Crippen molar-refractivity contribution < 1.29 is 4.79 Å². The Bertz CT molecular complexity index is 476. The molecule has 1 amide bonds. The van der Waals surface area contributed by atoms with Crippen LogP contribution in [0.15, 0.2) is 0 Å². The fourth-order valence-corrected chi connectivity index (χ4v) is 2.93. The summed E-state index contributed by atoms with van der Waals surface area (Å²) < 4.78 is 0. The minimum Gasteiger partial charge on any atom is -0.395 e. The Labute approximate surface area is 126 Å². The van der Waals surface area contributed by atoms with Crippen LogP contribution >= 0.6 is 0 Å². The number of H-pyrrole nitrogens is 1. The van der Waals surface area contributed by atoms with Crippen LogP contribution in [0.2, 0.25) is 0 Å². The summed E-state index contributed by atoms with van der Waals surface area (Å²) >= 11 is 0. The molecule has 0 aliphatic heterocycles. The summed E-state index contributed by atoms with van der Waals surface area (Å²) in [7, 11) is 4.05. The Morgan fingerprint density at radius 3 is 2.52 bits per heavy atom. The molecule has 0 aromatic carbocycles. The average molecular weight is 293 g/mol. The van der Waals surface area contributed by atoms with Gasteiger partial charge in [-0.25, -0.2) is 0 Å². The first-order valence-electron chi connectivity index (χ1n) is 7.83. The molecule has 2 rings (SSSR count). The first-order valence-corrected chi connectivity index (χ1v) is 7.83. The van der Waals surface area contributed by atoms with E-state index in [0.717, 1.165) is 38.0 Å². The van der Waals surface area contributed by atoms with Gasteiger partial charge in [0.05, 0.1) is 11.4 Å². The third-order valence-corrected chi connectivity index (χ3v) is 4.25. The Morgan fingerprint density at radius 2 is 2.00 bits per heavy atom. The lowest BCUT2D eigenvalue weighted by atomic mass is 10.1. The van der Waals surface area contributed by atoms with Crippen molar-refractivity contribution in [2.75, 3.05) is 32.9 Å². The molecular weight excluding hydrogens is 266 g/mol. The smallest absolute Gasteiger partial charge is 0.276 e. The number of carbonyl (C=O) groups is 1. The van der Waals surface area contributed by atoms with E-state index in [0.29, 0.717) is 17.4 Å². The van der Waals surface area contributed by atoms with Crippen molar-refractivity contribution in [3.05, 3.63) is 11.4 Å². The summed E-state index contributed by atoms with van der Waals surface area (Å²) in [6.45, 7) is 3.58. The Morgan fingerprint density at radius 1 is 1.33 bits per heavy atom. The Kier molecular flexibility index (Phi) is 5.22. The Hall–Kier alpha value is -1.56. The molecule has 21 heavy (non-hydrogen) atoms. The van der Waals surface area contributed by atoms with Gasteiger partial charge in [-0.2, -0.15) is 5.10 Å². The van der Waals surface area contributed by atoms with Crippen molar-refractivity contribution in [1.82, 2.24) is 20.0 Å². The molecule has 1 saturated carbocycles. The van der Waals surface area contributed by atoms with Gasteiger partial charge in [0.2, 0.25) is 0 Å². The fourth-order valence-electron chi connectivity index (χ4n) is 2.93. The number of nitrogens with zero attached hydrogens (tertiary/aromatic N) is 3. The normalized spacial score (nSPS) is 15.8. The van der Waals surface area contributed by atoms with Gasteiger partial charge in [0, 0.05) is 19.1 Å². The van der Waals surface area contributed by atoms with Crippen molar-refractivity contribution in [1.29, 1.82) is 0 Å². The van der Waals surface area contributed by atoms with E-state index >= 15 is 0 Å². The zero-order valence-electron chi connectivity index (χ0n) is 13.4. The number of carbonyl (C=O) groups excluding carboxylic acids is 1. The van der Waals surface area contributed by atoms with Gasteiger partial charge in [0.1, 0.15) is 0 Å². The summed E-state index contributed by atoms with van der Waals surface area (Å²) in [4.78, 5) is 16.9. The summed E-state index contributed by atoms with van der Waals surface area (Å²) in [5, 5.41) is 7.03. The predicted octanol–water partition coefficient (Wildman–Crippen LogP) is 1.50. The lowest BCUT2D eigenvalue weighted by molar-refractivity contribution is 0.0662. The number of nitrogens with one attached hydrogen (secondary N) is 1. The number of nitrogen functional groups attached to an aromatic ring is 1. The Balaban J connectivity index is 2.17. The second-order valence-electron chi connectivity index (χ2n) is 6.06. The molecule has 0 bridgehead atoms. The van der Waals surface area contributed by atoms with Crippen LogP contribution in [0.3, 0.4) is 0 Å². The summed E-state index contributed by atoms with van der Waals surface area (Å²) in [5.41, 5.74) is 7.80. The highest BCUT2D eigenvalue weighted by Crippen LogP contribution is 2.26. The van der Waals surface area contributed by atoms with E-state index in [4.69, 9.17) is 5.73 Å². The molecule has 0 radical (unpaired) electrons. The van der Waals surface area contributed by atoms with Crippen LogP contribution in [0.4, 0.5) is 5.69 Å². The lowest BCUT2D eigenvalue weighted by Crippen LogP contribution is -2.43. The second kappa shape index (κ2) is 6.93. The number of aromatic nitrogens is 2. The van der Waals surface area contributed by atoms with E-state index in [1.165, 1.54) is 12.8 Å². The van der Waals surface area contributed by atoms with Crippen LogP contribution < -0.4 is 5.73 Å². The molecule has 6 nitrogen and oxygen atoms in total. The van der Waals surface area contributed by atoms with Gasteiger partial charge in [-0.05, 0) is 33.4 Å². The van der Waals surface area contributed by atoms with Crippen molar-refractivity contribution in [3.8, 4) is 0 Å². The number of nitrogens with two attached hydrogens (primary N) is 1. The molecule has 0 unspecified atom stereocenters. The first-order chi connectivity index (χ1) is 10.0. The average Bonchev–Trinajstić information content (AvgIpc) is 3.08. The van der Waals surface area contributed by atoms with Crippen LogP contribution in [0.5, 0.6) is 0 Å². The number of rotatable bonds is 6. The first kappa shape index (κ1) is 15.8. The zero-order valence-corrected chi connectivity index (χ0v) is 13.4. The van der Waals surface area contributed by atoms with E-state index in [1.807, 2.05) is 25.9 Å². The molecule has 1 aliphatic rings. The van der Waals surface area contributed by atoms with Gasteiger partial charge in [-0.1, -0.05) is 19.8 Å². The van der Waals surface area contributed by atoms with Crippen molar-refractivity contribution in [2.45, 2.75) is 45.1 Å². The van der Waals surface area contributed by atoms with Crippen LogP contribution in [0.25, 0.3) is 0 Å². The summed E-state index contributed by atoms with van der Waals surface area (Å²) in [6, 6.07) is 0.332. The van der Waals surface area contributed by atoms with E-state index in [-0.39, 0.29) is 5.91 Å². The monoisotopic (exact) mass is 293 g/mol. The standard InChI is InChI=1S/C15H27N5O/c1-4-12-13(16)14(18-17-12)15(21)20(10-9-19(2)3)11-7-5-6-8-11/h11H,4-10,16H2,1-3H3,(H,17,18). The number of aryl methyl sites for hydroxylation is 1. The third-order valence-electron chi connectivity index (χ3n) is 4.25. The van der Waals surface area contributed by atoms with Gasteiger partial charge < -0.3 is 15.5 Å². The SMILES string of the molecule is CCc1[nH]nc(C(=O)N(CCN(C)C)C2CCCC2)c1N. The van der Waals surface area contributed by atoms with Gasteiger partial charge in [0.15, 0.2) is 5.69 Å². The number of likely N-dealkylation sites (N-methyl/N-ethyl adjacent to an activating group) is 1. The molecule has 0 spiro atoms. The molecule has 3 N–H and O–H groups in total. The molecule has 6 heteroatoms. The molecule has 1 aliphatic carbocycles. The molecule has 0 atom stereocenters. The predicted molar refractivity (Wildman–Crippen MR) is 84.2 cm³/mol. The summed E-state index contributed by atoms with van der Waals surface area (Å²) in [5.74, 6) is -0.0304. The van der Waals surface area contributed by atoms with Gasteiger partial charge in [-0.15, -0.1) is 0 Å². The zero-order chi connectivity index (χ0) is 15.4. The van der Waals surface area contributed by atoms with E-state index in [9.17, 15) is 4.79 Å². The number of anilines is 1. The maximum Gasteiger partial charge on any atom is 0.276 e. The van der Waals surface area contributed by atoms with Crippen LogP contribution in [0, 0.1) is 0 Å². The molecule has 1 aromatic rings. The molecule has 1 fully saturated rings. The summed E-state index contributed by atoms with van der Waals surface area (Å²) in [6.07, 6.45) is 5.33. The third kappa shape index (κ3) is 3.56. The number of hydrogen-bond acceptors (Lipinski definition) is 4. The number of amides is 1. The number of aromatic amines is 1. The maximum atomic E-state index is 12.8. The lowest BCUT2D eigenvalue weighted by Gasteiger charge is -2.29. The fraction of sp³-hybridized carbons (Fsp3) is 0.733. The topological polar surface area (TPSA) is 78.2 Å². The van der Waals surface area contributed by atoms with Gasteiger partial charge >= 0.3 is 0 Å². The van der Waals surface area contributed by atoms with E-state index in [2.05, 4.69) is 15.1 Å². The molecule has 1 aromatic heterocycles. The quantitative estimate of drug-likeness (QED) is 0.833. The van der Waals surface area contributed by atoms with Crippen LogP contribution in [-0.2, 0) is 6.42 Å². The van der Waals surface area contributed by atoms with Crippen molar-refractivity contribution in [2.24, 2.45) is 0 Å². The van der Waals surface area contributed by atoms with Crippen molar-refractivity contribution in [3.63, 3.8) is 0 Å². The second-order valence-corrected chi connectivity index (χ2v) is 6.06. The van der Waals surface area contributed by atoms with Gasteiger partial charge in [0.25, 0.3) is 5.91 Å². The van der Waals surface area contributed by atoms with Crippen molar-refractivity contribution >= 4 is 11.6 Å². The van der Waals surface area contributed by atoms with Crippen LogP contribution in [-0.4, -0.2) is 59.1 Å². The van der Waals surface area contributed by atoms with Crippen LogP contribution in [0.1, 0.15) is 48.8 Å². The molecule has 0 saturated heterocycles. The minimum atomic E-state index is -0.0304. The highest BCUT2D eigenvalue weighted by atomic mass is 16.2. The maximum absolute atomic E-state index is 12.8. The highest BCUT2D eigenvalue weighted by Gasteiger charge is 2.30. The minimum absolute atomic E-state index is 0.0304. The van der Waals surface area contributed by atoms with E-state index in [1.54, 1.807) is 0 Å². The van der Waals surface area contributed by atoms with E-state index < -0.39 is 0 Å². The number of hydrogen-bond donors (Lipinski definition) is 2. The molecular formula is C15H27N5O. The largest absolute Gasteiger partial charge is 0.395 e. The molecule has 1 heterocycles.